The molecule has 3 rings (SSSR count). The molecule has 1 heterocycles. The zero-order valence-electron chi connectivity index (χ0n) is 12.7. The number of hydrogen-bond acceptors (Lipinski definition) is 3. The highest BCUT2D eigenvalue weighted by atomic mass is 35.5. The number of nitrogens with zero attached hydrogens (tertiary/aromatic N) is 1. The van der Waals surface area contributed by atoms with Crippen molar-refractivity contribution in [1.29, 1.82) is 0 Å². The maximum atomic E-state index is 12.2. The van der Waals surface area contributed by atoms with Gasteiger partial charge in [0, 0.05) is 13.6 Å². The Balaban J connectivity index is 1.60. The third-order valence-corrected chi connectivity index (χ3v) is 4.54. The molecule has 23 heavy (non-hydrogen) atoms. The largest absolute Gasteiger partial charge is 0.484 e. The predicted octanol–water partition coefficient (Wildman–Crippen LogP) is 4.65. The van der Waals surface area contributed by atoms with Crippen LogP contribution in [0.5, 0.6) is 5.75 Å². The van der Waals surface area contributed by atoms with E-state index in [1.165, 1.54) is 12.8 Å². The normalized spacial score (nSPS) is 13.9. The topological polar surface area (TPSA) is 42.7 Å². The second-order valence-corrected chi connectivity index (χ2v) is 6.52. The summed E-state index contributed by atoms with van der Waals surface area (Å²) < 4.78 is 11.2. The molecule has 0 saturated heterocycles. The van der Waals surface area contributed by atoms with E-state index >= 15 is 0 Å². The lowest BCUT2D eigenvalue weighted by molar-refractivity contribution is 0.0753. The van der Waals surface area contributed by atoms with Gasteiger partial charge in [0.15, 0.2) is 5.76 Å². The Hall–Kier alpha value is -1.65. The van der Waals surface area contributed by atoms with Crippen molar-refractivity contribution in [3.05, 3.63) is 51.9 Å². The van der Waals surface area contributed by atoms with Crippen LogP contribution in [0.15, 0.2) is 34.7 Å². The predicted molar refractivity (Wildman–Crippen MR) is 89.2 cm³/mol. The van der Waals surface area contributed by atoms with Gasteiger partial charge in [-0.15, -0.1) is 0 Å². The second kappa shape index (κ2) is 6.85. The molecule has 0 N–H and O–H groups in total. The number of hydrogen-bond donors (Lipinski definition) is 0. The van der Waals surface area contributed by atoms with Crippen LogP contribution in [0.1, 0.15) is 29.2 Å². The zero-order chi connectivity index (χ0) is 16.4. The first kappa shape index (κ1) is 16.2. The molecule has 2 aromatic rings. The Morgan fingerprint density at radius 2 is 2.09 bits per heavy atom. The molecule has 1 aliphatic rings. The Kier molecular flexibility index (Phi) is 4.83. The van der Waals surface area contributed by atoms with E-state index < -0.39 is 0 Å². The number of halogens is 2. The van der Waals surface area contributed by atoms with Gasteiger partial charge in [0.1, 0.15) is 23.1 Å². The Morgan fingerprint density at radius 3 is 2.83 bits per heavy atom. The first-order chi connectivity index (χ1) is 11.0. The fraction of sp³-hybridized carbons (Fsp3) is 0.353. The minimum Gasteiger partial charge on any atom is -0.484 e. The van der Waals surface area contributed by atoms with E-state index in [-0.39, 0.29) is 12.5 Å². The van der Waals surface area contributed by atoms with Crippen molar-refractivity contribution in [3.8, 4) is 5.75 Å². The van der Waals surface area contributed by atoms with Gasteiger partial charge < -0.3 is 14.1 Å². The molecular formula is C17H17Cl2NO3. The quantitative estimate of drug-likeness (QED) is 0.759. The van der Waals surface area contributed by atoms with Gasteiger partial charge in [-0.25, -0.2) is 0 Å². The molecule has 6 heteroatoms. The highest BCUT2D eigenvalue weighted by Gasteiger charge is 2.26. The van der Waals surface area contributed by atoms with E-state index in [1.54, 1.807) is 42.3 Å². The SMILES string of the molecule is CN(CC1CC1)C(=O)c1ccc(COc2cccc(Cl)c2Cl)o1. The molecule has 0 radical (unpaired) electrons. The van der Waals surface area contributed by atoms with Gasteiger partial charge in [0.25, 0.3) is 5.91 Å². The molecule has 1 aromatic carbocycles. The average Bonchev–Trinajstić information content (AvgIpc) is 3.22. The van der Waals surface area contributed by atoms with Gasteiger partial charge in [-0.1, -0.05) is 29.3 Å². The van der Waals surface area contributed by atoms with Crippen LogP contribution >= 0.6 is 23.2 Å². The standard InChI is InChI=1S/C17H17Cl2NO3/c1-20(9-11-5-6-11)17(21)15-8-7-12(23-15)10-22-14-4-2-3-13(18)16(14)19/h2-4,7-8,11H,5-6,9-10H2,1H3. The lowest BCUT2D eigenvalue weighted by Crippen LogP contribution is -2.28. The highest BCUT2D eigenvalue weighted by Crippen LogP contribution is 2.32. The number of carbonyl (C=O) groups excluding carboxylic acids is 1. The van der Waals surface area contributed by atoms with Crippen LogP contribution in [0.25, 0.3) is 0 Å². The zero-order valence-corrected chi connectivity index (χ0v) is 14.2. The number of ether oxygens (including phenoxy) is 1. The monoisotopic (exact) mass is 353 g/mol. The van der Waals surface area contributed by atoms with Crippen molar-refractivity contribution in [2.75, 3.05) is 13.6 Å². The smallest absolute Gasteiger partial charge is 0.289 e. The molecule has 1 saturated carbocycles. The molecule has 1 amide bonds. The van der Waals surface area contributed by atoms with E-state index in [0.29, 0.717) is 33.2 Å². The highest BCUT2D eigenvalue weighted by molar-refractivity contribution is 6.42. The maximum absolute atomic E-state index is 12.2. The van der Waals surface area contributed by atoms with Gasteiger partial charge in [0.05, 0.1) is 5.02 Å². The lowest BCUT2D eigenvalue weighted by atomic mass is 10.3. The fourth-order valence-electron chi connectivity index (χ4n) is 2.27. The van der Waals surface area contributed by atoms with E-state index in [2.05, 4.69) is 0 Å². The number of rotatable bonds is 6. The van der Waals surface area contributed by atoms with Crippen molar-refractivity contribution in [2.24, 2.45) is 5.92 Å². The molecule has 0 atom stereocenters. The van der Waals surface area contributed by atoms with Crippen molar-refractivity contribution in [3.63, 3.8) is 0 Å². The molecule has 0 bridgehead atoms. The van der Waals surface area contributed by atoms with Crippen molar-refractivity contribution in [1.82, 2.24) is 4.90 Å². The number of amides is 1. The minimum atomic E-state index is -0.107. The van der Waals surface area contributed by atoms with Crippen LogP contribution in [-0.4, -0.2) is 24.4 Å². The average molecular weight is 354 g/mol. The summed E-state index contributed by atoms with van der Waals surface area (Å²) in [6, 6.07) is 8.58. The van der Waals surface area contributed by atoms with Gasteiger partial charge in [-0.3, -0.25) is 4.79 Å². The summed E-state index contributed by atoms with van der Waals surface area (Å²) in [5.41, 5.74) is 0. The van der Waals surface area contributed by atoms with Crippen molar-refractivity contribution in [2.45, 2.75) is 19.4 Å². The summed E-state index contributed by atoms with van der Waals surface area (Å²) in [5, 5.41) is 0.794. The second-order valence-electron chi connectivity index (χ2n) is 5.74. The van der Waals surface area contributed by atoms with Crippen LogP contribution in [-0.2, 0) is 6.61 Å². The summed E-state index contributed by atoms with van der Waals surface area (Å²) >= 11 is 12.0. The molecule has 122 valence electrons. The molecular weight excluding hydrogens is 337 g/mol. The summed E-state index contributed by atoms with van der Waals surface area (Å²) in [6.45, 7) is 0.961. The molecule has 1 aromatic heterocycles. The van der Waals surface area contributed by atoms with Crippen LogP contribution in [0.4, 0.5) is 0 Å². The van der Waals surface area contributed by atoms with E-state index in [0.717, 1.165) is 6.54 Å². The third kappa shape index (κ3) is 4.01. The van der Waals surface area contributed by atoms with Crippen LogP contribution in [0, 0.1) is 5.92 Å². The Morgan fingerprint density at radius 1 is 1.30 bits per heavy atom. The van der Waals surface area contributed by atoms with Crippen LogP contribution < -0.4 is 4.74 Å². The first-order valence-electron chi connectivity index (χ1n) is 7.45. The van der Waals surface area contributed by atoms with Gasteiger partial charge in [-0.05, 0) is 43.0 Å². The first-order valence-corrected chi connectivity index (χ1v) is 8.21. The van der Waals surface area contributed by atoms with E-state index in [1.807, 2.05) is 0 Å². The Labute approximate surface area is 144 Å². The Bertz CT molecular complexity index is 710. The molecule has 0 unspecified atom stereocenters. The van der Waals surface area contributed by atoms with E-state index in [9.17, 15) is 4.79 Å². The summed E-state index contributed by atoms with van der Waals surface area (Å²) in [7, 11) is 1.80. The molecule has 1 aliphatic carbocycles. The number of benzene rings is 1. The fourth-order valence-corrected chi connectivity index (χ4v) is 2.62. The number of carbonyl (C=O) groups is 1. The number of furan rings is 1. The van der Waals surface area contributed by atoms with E-state index in [4.69, 9.17) is 32.4 Å². The molecule has 0 aliphatic heterocycles. The lowest BCUT2D eigenvalue weighted by Gasteiger charge is -2.14. The van der Waals surface area contributed by atoms with Gasteiger partial charge >= 0.3 is 0 Å². The van der Waals surface area contributed by atoms with Gasteiger partial charge in [0.2, 0.25) is 0 Å². The van der Waals surface area contributed by atoms with Crippen LogP contribution in [0.3, 0.4) is 0 Å². The van der Waals surface area contributed by atoms with Crippen LogP contribution in [0.2, 0.25) is 10.0 Å². The minimum absolute atomic E-state index is 0.107. The maximum Gasteiger partial charge on any atom is 0.289 e. The van der Waals surface area contributed by atoms with Crippen molar-refractivity contribution < 1.29 is 13.9 Å². The molecule has 0 spiro atoms. The van der Waals surface area contributed by atoms with Gasteiger partial charge in [-0.2, -0.15) is 0 Å². The third-order valence-electron chi connectivity index (χ3n) is 3.73. The van der Waals surface area contributed by atoms with Crippen molar-refractivity contribution >= 4 is 29.1 Å². The summed E-state index contributed by atoms with van der Waals surface area (Å²) in [6.07, 6.45) is 2.41. The summed E-state index contributed by atoms with van der Waals surface area (Å²) in [5.74, 6) is 1.90. The summed E-state index contributed by atoms with van der Waals surface area (Å²) in [4.78, 5) is 14.0. The molecule has 4 nitrogen and oxygen atoms in total. The molecule has 1 fully saturated rings.